The Morgan fingerprint density at radius 2 is 1.86 bits per heavy atom. The largest absolute Gasteiger partial charge is 0.497 e. The molecule has 4 aromatic rings. The third-order valence-electron chi connectivity index (χ3n) is 5.48. The second kappa shape index (κ2) is 10.0. The highest BCUT2D eigenvalue weighted by Crippen LogP contribution is 2.42. The number of aromatic nitrogens is 1. The Morgan fingerprint density at radius 1 is 1.09 bits per heavy atom. The summed E-state index contributed by atoms with van der Waals surface area (Å²) in [6, 6.07) is 14.5. The van der Waals surface area contributed by atoms with Crippen molar-refractivity contribution in [3.8, 4) is 17.1 Å². The zero-order chi connectivity index (χ0) is 25.0. The smallest absolute Gasteiger partial charge is 0.339 e. The third kappa shape index (κ3) is 4.76. The molecule has 2 aromatic heterocycles. The zero-order valence-corrected chi connectivity index (χ0v) is 20.3. The number of esters is 1. The van der Waals surface area contributed by atoms with E-state index in [1.807, 2.05) is 12.1 Å². The maximum absolute atomic E-state index is 14.0. The van der Waals surface area contributed by atoms with E-state index in [-0.39, 0.29) is 20.9 Å². The molecule has 0 saturated heterocycles. The van der Waals surface area contributed by atoms with Crippen LogP contribution < -0.4 is 10.1 Å². The average molecular weight is 493 g/mol. The highest BCUT2D eigenvalue weighted by atomic mass is 32.2. The molecule has 35 heavy (non-hydrogen) atoms. The molecule has 0 radical (unpaired) electrons. The van der Waals surface area contributed by atoms with Crippen LogP contribution >= 0.6 is 0 Å². The first-order valence-electron chi connectivity index (χ1n) is 10.7. The number of anilines is 1. The van der Waals surface area contributed by atoms with E-state index >= 15 is 0 Å². The van der Waals surface area contributed by atoms with Gasteiger partial charge in [0.1, 0.15) is 11.5 Å². The molecule has 0 aliphatic carbocycles. The van der Waals surface area contributed by atoms with Gasteiger partial charge in [0.05, 0.1) is 41.4 Å². The molecule has 4 rings (SSSR count). The van der Waals surface area contributed by atoms with E-state index in [4.69, 9.17) is 13.9 Å². The summed E-state index contributed by atoms with van der Waals surface area (Å²) in [5.74, 6) is 0.0255. The van der Waals surface area contributed by atoms with Gasteiger partial charge in [0, 0.05) is 24.6 Å². The molecule has 2 heterocycles. The molecule has 0 unspecified atom stereocenters. The number of hydrogen-bond donors (Lipinski definition) is 1. The van der Waals surface area contributed by atoms with E-state index < -0.39 is 15.8 Å². The van der Waals surface area contributed by atoms with Gasteiger partial charge in [-0.25, -0.2) is 13.2 Å². The number of nitrogens with zero attached hydrogens (tertiary/aromatic N) is 1. The molecule has 2 aromatic carbocycles. The van der Waals surface area contributed by atoms with Gasteiger partial charge in [0.15, 0.2) is 0 Å². The molecule has 0 aliphatic heterocycles. The Bertz CT molecular complexity index is 1430. The van der Waals surface area contributed by atoms with Crippen LogP contribution in [0.2, 0.25) is 0 Å². The van der Waals surface area contributed by atoms with Gasteiger partial charge in [-0.2, -0.15) is 0 Å². The van der Waals surface area contributed by atoms with E-state index in [0.717, 1.165) is 5.56 Å². The normalized spacial score (nSPS) is 11.2. The quantitative estimate of drug-likeness (QED) is 0.347. The van der Waals surface area contributed by atoms with Gasteiger partial charge in [-0.15, -0.1) is 0 Å². The fraction of sp³-hybridized carbons (Fsp3) is 0.154. The van der Waals surface area contributed by atoms with E-state index in [9.17, 15) is 13.2 Å². The van der Waals surface area contributed by atoms with Crippen LogP contribution in [0.1, 0.15) is 21.5 Å². The molecular formula is C26H24N2O6S. The molecule has 0 bridgehead atoms. The number of benzene rings is 2. The minimum Gasteiger partial charge on any atom is -0.497 e. The molecule has 0 fully saturated rings. The molecule has 180 valence electrons. The summed E-state index contributed by atoms with van der Waals surface area (Å²) in [5, 5.41) is 3.32. The van der Waals surface area contributed by atoms with Crippen molar-refractivity contribution in [3.05, 3.63) is 89.9 Å². The lowest BCUT2D eigenvalue weighted by molar-refractivity contribution is 0.0596. The number of hydrogen-bond acceptors (Lipinski definition) is 8. The lowest BCUT2D eigenvalue weighted by atomic mass is 10.0. The molecular weight excluding hydrogens is 468 g/mol. The minimum atomic E-state index is -4.20. The number of ether oxygens (including phenoxy) is 2. The SMILES string of the molecule is COC(=O)c1cc(C)c(NCc2cccnc2)c(-c2ccco2)c1S(=O)(=O)c1ccc(OC)cc1. The van der Waals surface area contributed by atoms with Gasteiger partial charge in [0.2, 0.25) is 9.84 Å². The van der Waals surface area contributed by atoms with Gasteiger partial charge < -0.3 is 19.2 Å². The first-order valence-corrected chi connectivity index (χ1v) is 12.2. The van der Waals surface area contributed by atoms with Crippen molar-refractivity contribution in [1.82, 2.24) is 4.98 Å². The Balaban J connectivity index is 1.99. The summed E-state index contributed by atoms with van der Waals surface area (Å²) < 4.78 is 43.8. The van der Waals surface area contributed by atoms with Crippen LogP contribution in [0.5, 0.6) is 5.75 Å². The Kier molecular flexibility index (Phi) is 6.88. The van der Waals surface area contributed by atoms with Gasteiger partial charge in [-0.1, -0.05) is 6.07 Å². The summed E-state index contributed by atoms with van der Waals surface area (Å²) in [6.45, 7) is 2.16. The van der Waals surface area contributed by atoms with Crippen molar-refractivity contribution in [2.24, 2.45) is 0 Å². The molecule has 9 heteroatoms. The maximum atomic E-state index is 14.0. The van der Waals surface area contributed by atoms with Crippen molar-refractivity contribution in [3.63, 3.8) is 0 Å². The molecule has 0 atom stereocenters. The fourth-order valence-electron chi connectivity index (χ4n) is 3.79. The van der Waals surface area contributed by atoms with Gasteiger partial charge >= 0.3 is 5.97 Å². The van der Waals surface area contributed by atoms with Crippen LogP contribution in [-0.2, 0) is 21.1 Å². The number of rotatable bonds is 8. The van der Waals surface area contributed by atoms with Crippen molar-refractivity contribution >= 4 is 21.5 Å². The van der Waals surface area contributed by atoms with Crippen LogP contribution in [0.15, 0.2) is 87.5 Å². The summed E-state index contributed by atoms with van der Waals surface area (Å²) >= 11 is 0. The number of methoxy groups -OCH3 is 2. The molecule has 0 amide bonds. The number of carbonyl (C=O) groups excluding carboxylic acids is 1. The topological polar surface area (TPSA) is 108 Å². The van der Waals surface area contributed by atoms with Gasteiger partial charge in [0.25, 0.3) is 0 Å². The molecule has 0 spiro atoms. The monoisotopic (exact) mass is 492 g/mol. The van der Waals surface area contributed by atoms with Crippen molar-refractivity contribution in [2.45, 2.75) is 23.3 Å². The van der Waals surface area contributed by atoms with Gasteiger partial charge in [-0.05, 0) is 66.6 Å². The number of pyridine rings is 1. The second-order valence-electron chi connectivity index (χ2n) is 7.68. The van der Waals surface area contributed by atoms with Crippen LogP contribution in [0.25, 0.3) is 11.3 Å². The second-order valence-corrected chi connectivity index (χ2v) is 9.57. The molecule has 1 N–H and O–H groups in total. The van der Waals surface area contributed by atoms with Crippen LogP contribution in [0, 0.1) is 6.92 Å². The van der Waals surface area contributed by atoms with E-state index in [1.54, 1.807) is 43.6 Å². The van der Waals surface area contributed by atoms with Crippen LogP contribution in [0.4, 0.5) is 5.69 Å². The third-order valence-corrected chi connectivity index (χ3v) is 7.33. The summed E-state index contributed by atoms with van der Waals surface area (Å²) in [4.78, 5) is 16.7. The average Bonchev–Trinajstić information content (AvgIpc) is 3.42. The van der Waals surface area contributed by atoms with Crippen LogP contribution in [0.3, 0.4) is 0 Å². The minimum absolute atomic E-state index is 0.00155. The molecule has 0 aliphatic rings. The highest BCUT2D eigenvalue weighted by molar-refractivity contribution is 7.91. The lowest BCUT2D eigenvalue weighted by Crippen LogP contribution is -2.16. The zero-order valence-electron chi connectivity index (χ0n) is 19.4. The summed E-state index contributed by atoms with van der Waals surface area (Å²) in [5.41, 5.74) is 2.22. The van der Waals surface area contributed by atoms with E-state index in [1.165, 1.54) is 38.7 Å². The Labute approximate surface area is 203 Å². The van der Waals surface area contributed by atoms with E-state index in [0.29, 0.717) is 29.3 Å². The number of furan rings is 1. The molecule has 8 nitrogen and oxygen atoms in total. The van der Waals surface area contributed by atoms with Gasteiger partial charge in [-0.3, -0.25) is 4.98 Å². The molecule has 0 saturated carbocycles. The standard InChI is InChI=1S/C26H24N2O6S/c1-17-14-21(26(29)33-3)25(35(30,31)20-10-8-19(32-2)9-11-20)23(22-7-5-13-34-22)24(17)28-16-18-6-4-12-27-15-18/h4-15,28H,16H2,1-3H3. The first kappa shape index (κ1) is 24.0. The predicted octanol–water partition coefficient (Wildman–Crippen LogP) is 4.89. The fourth-order valence-corrected chi connectivity index (χ4v) is 5.42. The first-order chi connectivity index (χ1) is 16.9. The number of sulfone groups is 1. The Morgan fingerprint density at radius 3 is 2.46 bits per heavy atom. The summed E-state index contributed by atoms with van der Waals surface area (Å²) in [6.07, 6.45) is 4.84. The highest BCUT2D eigenvalue weighted by Gasteiger charge is 2.33. The van der Waals surface area contributed by atoms with Crippen LogP contribution in [-0.4, -0.2) is 33.6 Å². The van der Waals surface area contributed by atoms with Crippen molar-refractivity contribution < 1.29 is 27.1 Å². The van der Waals surface area contributed by atoms with E-state index in [2.05, 4.69) is 10.3 Å². The van der Waals surface area contributed by atoms with Crippen molar-refractivity contribution in [1.29, 1.82) is 0 Å². The lowest BCUT2D eigenvalue weighted by Gasteiger charge is -2.20. The van der Waals surface area contributed by atoms with Crippen molar-refractivity contribution in [2.75, 3.05) is 19.5 Å². The predicted molar refractivity (Wildman–Crippen MR) is 130 cm³/mol. The summed E-state index contributed by atoms with van der Waals surface area (Å²) in [7, 11) is -1.49. The number of nitrogens with one attached hydrogen (secondary N) is 1. The number of aryl methyl sites for hydroxylation is 1. The maximum Gasteiger partial charge on any atom is 0.339 e. The number of carbonyl (C=O) groups is 1. The Hall–Kier alpha value is -4.11.